The molecule has 0 aliphatic heterocycles. The topological polar surface area (TPSA) is 66.9 Å². The Hall–Kier alpha value is -1.66. The van der Waals surface area contributed by atoms with E-state index >= 15 is 0 Å². The Balaban J connectivity index is 2.18. The van der Waals surface area contributed by atoms with Crippen LogP contribution in [0.2, 0.25) is 5.02 Å². The van der Waals surface area contributed by atoms with Gasteiger partial charge in [-0.3, -0.25) is 9.78 Å². The summed E-state index contributed by atoms with van der Waals surface area (Å²) < 4.78 is 0.705. The molecule has 0 fully saturated rings. The quantitative estimate of drug-likeness (QED) is 0.880. The molecule has 7 heteroatoms. The first-order valence-electron chi connectivity index (χ1n) is 5.92. The van der Waals surface area contributed by atoms with Crippen LogP contribution in [0, 0.1) is 0 Å². The van der Waals surface area contributed by atoms with Crippen LogP contribution in [-0.4, -0.2) is 22.4 Å². The monoisotopic (exact) mass is 354 g/mol. The van der Waals surface area contributed by atoms with Crippen LogP contribution in [0.3, 0.4) is 0 Å². The molecule has 1 amide bonds. The van der Waals surface area contributed by atoms with Crippen molar-refractivity contribution in [1.82, 2.24) is 9.97 Å². The summed E-state index contributed by atoms with van der Waals surface area (Å²) in [5, 5.41) is 6.18. The lowest BCUT2D eigenvalue weighted by atomic mass is 10.2. The number of hydrogen-bond donors (Lipinski definition) is 2. The predicted molar refractivity (Wildman–Crippen MR) is 83.3 cm³/mol. The minimum atomic E-state index is -0.283. The molecular formula is C13H12BrClN4O. The number of anilines is 2. The summed E-state index contributed by atoms with van der Waals surface area (Å²) in [4.78, 5) is 20.2. The maximum Gasteiger partial charge on any atom is 0.257 e. The van der Waals surface area contributed by atoms with Gasteiger partial charge in [0.2, 0.25) is 0 Å². The van der Waals surface area contributed by atoms with Crippen molar-refractivity contribution in [3.8, 4) is 0 Å². The number of amides is 1. The summed E-state index contributed by atoms with van der Waals surface area (Å²) in [6.07, 6.45) is 4.68. The molecular weight excluding hydrogens is 344 g/mol. The van der Waals surface area contributed by atoms with E-state index in [0.29, 0.717) is 33.1 Å². The molecule has 104 valence electrons. The zero-order chi connectivity index (χ0) is 14.5. The third kappa shape index (κ3) is 3.46. The van der Waals surface area contributed by atoms with E-state index < -0.39 is 0 Å². The van der Waals surface area contributed by atoms with Crippen molar-refractivity contribution in [3.05, 3.63) is 45.8 Å². The maximum absolute atomic E-state index is 12.1. The summed E-state index contributed by atoms with van der Waals surface area (Å²) >= 11 is 9.38. The van der Waals surface area contributed by atoms with E-state index in [9.17, 15) is 4.79 Å². The van der Waals surface area contributed by atoms with Gasteiger partial charge in [-0.15, -0.1) is 0 Å². The fourth-order valence-corrected chi connectivity index (χ4v) is 2.11. The molecule has 2 N–H and O–H groups in total. The fraction of sp³-hybridized carbons (Fsp3) is 0.154. The summed E-state index contributed by atoms with van der Waals surface area (Å²) in [6.45, 7) is 2.65. The Bertz CT molecular complexity index is 636. The number of carbonyl (C=O) groups excluding carboxylic acids is 1. The van der Waals surface area contributed by atoms with Crippen LogP contribution in [0.25, 0.3) is 0 Å². The van der Waals surface area contributed by atoms with E-state index in [1.165, 1.54) is 6.20 Å². The lowest BCUT2D eigenvalue weighted by molar-refractivity contribution is 0.102. The molecule has 20 heavy (non-hydrogen) atoms. The van der Waals surface area contributed by atoms with Gasteiger partial charge < -0.3 is 10.6 Å². The van der Waals surface area contributed by atoms with Crippen molar-refractivity contribution in [1.29, 1.82) is 0 Å². The Morgan fingerprint density at radius 3 is 2.90 bits per heavy atom. The van der Waals surface area contributed by atoms with Crippen LogP contribution < -0.4 is 10.6 Å². The highest BCUT2D eigenvalue weighted by molar-refractivity contribution is 9.10. The number of pyridine rings is 2. The van der Waals surface area contributed by atoms with E-state index in [1.54, 1.807) is 24.5 Å². The van der Waals surface area contributed by atoms with Crippen molar-refractivity contribution >= 4 is 44.9 Å². The van der Waals surface area contributed by atoms with Crippen LogP contribution in [0.15, 0.2) is 35.2 Å². The number of rotatable bonds is 4. The zero-order valence-corrected chi connectivity index (χ0v) is 13.0. The molecule has 0 aromatic carbocycles. The first-order chi connectivity index (χ1) is 9.61. The van der Waals surface area contributed by atoms with E-state index in [-0.39, 0.29) is 5.91 Å². The SMILES string of the molecule is CCNc1ncc(C(=O)Nc2ccncc2Br)cc1Cl. The third-order valence-corrected chi connectivity index (χ3v) is 3.39. The highest BCUT2D eigenvalue weighted by Gasteiger charge is 2.11. The summed E-state index contributed by atoms with van der Waals surface area (Å²) in [5.41, 5.74) is 1.03. The van der Waals surface area contributed by atoms with Gasteiger partial charge >= 0.3 is 0 Å². The molecule has 0 unspecified atom stereocenters. The fourth-order valence-electron chi connectivity index (χ4n) is 1.53. The van der Waals surface area contributed by atoms with Gasteiger partial charge in [-0.2, -0.15) is 0 Å². The number of aromatic nitrogens is 2. The molecule has 0 aliphatic carbocycles. The summed E-state index contributed by atoms with van der Waals surface area (Å²) in [6, 6.07) is 3.28. The minimum absolute atomic E-state index is 0.283. The second kappa shape index (κ2) is 6.67. The van der Waals surface area contributed by atoms with Crippen LogP contribution >= 0.6 is 27.5 Å². The van der Waals surface area contributed by atoms with Crippen molar-refractivity contribution in [3.63, 3.8) is 0 Å². The highest BCUT2D eigenvalue weighted by Crippen LogP contribution is 2.23. The zero-order valence-electron chi connectivity index (χ0n) is 10.7. The molecule has 5 nitrogen and oxygen atoms in total. The maximum atomic E-state index is 12.1. The first kappa shape index (κ1) is 14.7. The van der Waals surface area contributed by atoms with Crippen LogP contribution in [0.5, 0.6) is 0 Å². The highest BCUT2D eigenvalue weighted by atomic mass is 79.9. The van der Waals surface area contributed by atoms with E-state index in [4.69, 9.17) is 11.6 Å². The van der Waals surface area contributed by atoms with Crippen LogP contribution in [-0.2, 0) is 0 Å². The second-order valence-electron chi connectivity index (χ2n) is 3.89. The van der Waals surface area contributed by atoms with Crippen molar-refractivity contribution in [2.24, 2.45) is 0 Å². The van der Waals surface area contributed by atoms with Gasteiger partial charge in [0.25, 0.3) is 5.91 Å². The van der Waals surface area contributed by atoms with Gasteiger partial charge in [0.1, 0.15) is 5.82 Å². The number of halogens is 2. The average Bonchev–Trinajstić information content (AvgIpc) is 2.43. The third-order valence-electron chi connectivity index (χ3n) is 2.47. The number of nitrogens with one attached hydrogen (secondary N) is 2. The molecule has 2 aromatic heterocycles. The molecule has 0 spiro atoms. The standard InChI is InChI=1S/C13H12BrClN4O/c1-2-17-12-10(15)5-8(6-18-12)13(20)19-11-3-4-16-7-9(11)14/h3-7H,2H2,1H3,(H,17,18)(H,16,19,20). The first-order valence-corrected chi connectivity index (χ1v) is 7.09. The lowest BCUT2D eigenvalue weighted by Gasteiger charge is -2.09. The molecule has 2 aromatic rings. The molecule has 2 heterocycles. The molecule has 2 rings (SSSR count). The number of hydrogen-bond acceptors (Lipinski definition) is 4. The molecule has 0 aliphatic rings. The van der Waals surface area contributed by atoms with Gasteiger partial charge in [0, 0.05) is 25.1 Å². The van der Waals surface area contributed by atoms with Gasteiger partial charge in [-0.05, 0) is 35.0 Å². The van der Waals surface area contributed by atoms with E-state index in [0.717, 1.165) is 0 Å². The van der Waals surface area contributed by atoms with Crippen molar-refractivity contribution < 1.29 is 4.79 Å². The molecule has 0 saturated heterocycles. The Kier molecular flexibility index (Phi) is 4.92. The average molecular weight is 356 g/mol. The Morgan fingerprint density at radius 2 is 2.25 bits per heavy atom. The lowest BCUT2D eigenvalue weighted by Crippen LogP contribution is -2.13. The van der Waals surface area contributed by atoms with Gasteiger partial charge in [-0.1, -0.05) is 11.6 Å². The summed E-state index contributed by atoms with van der Waals surface area (Å²) in [5.74, 6) is 0.283. The van der Waals surface area contributed by atoms with Gasteiger partial charge in [0.05, 0.1) is 20.7 Å². The van der Waals surface area contributed by atoms with Crippen molar-refractivity contribution in [2.45, 2.75) is 6.92 Å². The van der Waals surface area contributed by atoms with E-state index in [2.05, 4.69) is 36.5 Å². The number of nitrogens with zero attached hydrogens (tertiary/aromatic N) is 2. The second-order valence-corrected chi connectivity index (χ2v) is 5.16. The van der Waals surface area contributed by atoms with Crippen molar-refractivity contribution in [2.75, 3.05) is 17.2 Å². The smallest absolute Gasteiger partial charge is 0.257 e. The van der Waals surface area contributed by atoms with E-state index in [1.807, 2.05) is 6.92 Å². The molecule has 0 radical (unpaired) electrons. The largest absolute Gasteiger partial charge is 0.369 e. The minimum Gasteiger partial charge on any atom is -0.369 e. The van der Waals surface area contributed by atoms with Crippen LogP contribution in [0.1, 0.15) is 17.3 Å². The van der Waals surface area contributed by atoms with Crippen LogP contribution in [0.4, 0.5) is 11.5 Å². The molecule has 0 bridgehead atoms. The van der Waals surface area contributed by atoms with Gasteiger partial charge in [0.15, 0.2) is 0 Å². The Morgan fingerprint density at radius 1 is 1.45 bits per heavy atom. The summed E-state index contributed by atoms with van der Waals surface area (Å²) in [7, 11) is 0. The van der Waals surface area contributed by atoms with Gasteiger partial charge in [-0.25, -0.2) is 4.98 Å². The Labute approximate surface area is 129 Å². The number of carbonyl (C=O) groups is 1. The predicted octanol–water partition coefficient (Wildman–Crippen LogP) is 3.58. The molecule has 0 saturated carbocycles. The molecule has 0 atom stereocenters. The normalized spacial score (nSPS) is 10.2.